The maximum atomic E-state index is 12.7. The largest absolute Gasteiger partial charge is 0.339 e. The van der Waals surface area contributed by atoms with E-state index in [2.05, 4.69) is 15.3 Å². The van der Waals surface area contributed by atoms with Gasteiger partial charge in [-0.25, -0.2) is 4.98 Å². The second kappa shape index (κ2) is 8.86. The van der Waals surface area contributed by atoms with Gasteiger partial charge in [0.25, 0.3) is 5.91 Å². The highest BCUT2D eigenvalue weighted by Crippen LogP contribution is 2.19. The molecule has 4 aromatic rings. The molecule has 1 amide bonds. The molecule has 0 aliphatic rings. The number of nitrogens with one attached hydrogen (secondary N) is 1. The molecule has 0 aliphatic carbocycles. The van der Waals surface area contributed by atoms with Crippen molar-refractivity contribution >= 4 is 46.1 Å². The molecule has 29 heavy (non-hydrogen) atoms. The first-order valence-corrected chi connectivity index (χ1v) is 10.2. The molecular formula is C22H17ClN4OS. The average Bonchev–Trinajstić information content (AvgIpc) is 3.38. The number of pyridine rings is 1. The van der Waals surface area contributed by atoms with Crippen molar-refractivity contribution < 1.29 is 4.79 Å². The van der Waals surface area contributed by atoms with Crippen LogP contribution >= 0.6 is 22.9 Å². The third-order valence-electron chi connectivity index (χ3n) is 4.22. The molecule has 3 aromatic heterocycles. The summed E-state index contributed by atoms with van der Waals surface area (Å²) in [5.74, 6) is -0.188. The summed E-state index contributed by atoms with van der Waals surface area (Å²) in [6.07, 6.45) is 9.23. The molecule has 1 aromatic carbocycles. The Morgan fingerprint density at radius 3 is 2.69 bits per heavy atom. The highest BCUT2D eigenvalue weighted by Gasteiger charge is 2.13. The van der Waals surface area contributed by atoms with E-state index in [1.54, 1.807) is 18.5 Å². The van der Waals surface area contributed by atoms with Crippen molar-refractivity contribution in [3.05, 3.63) is 100 Å². The molecule has 0 atom stereocenters. The summed E-state index contributed by atoms with van der Waals surface area (Å²) in [7, 11) is 0. The maximum Gasteiger partial charge on any atom is 0.274 e. The van der Waals surface area contributed by atoms with Crippen molar-refractivity contribution in [1.82, 2.24) is 14.5 Å². The minimum Gasteiger partial charge on any atom is -0.339 e. The van der Waals surface area contributed by atoms with Crippen molar-refractivity contribution in [1.29, 1.82) is 0 Å². The van der Waals surface area contributed by atoms with Crippen LogP contribution in [0.25, 0.3) is 12.2 Å². The predicted molar refractivity (Wildman–Crippen MR) is 118 cm³/mol. The van der Waals surface area contributed by atoms with Crippen molar-refractivity contribution in [2.45, 2.75) is 6.54 Å². The fourth-order valence-electron chi connectivity index (χ4n) is 2.78. The average molecular weight is 421 g/mol. The van der Waals surface area contributed by atoms with E-state index < -0.39 is 0 Å². The van der Waals surface area contributed by atoms with Gasteiger partial charge in [0.1, 0.15) is 5.69 Å². The monoisotopic (exact) mass is 420 g/mol. The van der Waals surface area contributed by atoms with Gasteiger partial charge in [-0.1, -0.05) is 29.8 Å². The van der Waals surface area contributed by atoms with E-state index in [1.807, 2.05) is 70.8 Å². The first-order valence-electron chi connectivity index (χ1n) is 8.92. The van der Waals surface area contributed by atoms with E-state index >= 15 is 0 Å². The topological polar surface area (TPSA) is 59.8 Å². The van der Waals surface area contributed by atoms with Gasteiger partial charge in [-0.05, 0) is 53.6 Å². The van der Waals surface area contributed by atoms with Crippen LogP contribution in [0.1, 0.15) is 27.3 Å². The number of rotatable bonds is 6. The van der Waals surface area contributed by atoms with Gasteiger partial charge in [0.05, 0.1) is 5.69 Å². The van der Waals surface area contributed by atoms with Crippen LogP contribution < -0.4 is 5.32 Å². The van der Waals surface area contributed by atoms with E-state index in [4.69, 9.17) is 11.6 Å². The van der Waals surface area contributed by atoms with Crippen LogP contribution in [-0.4, -0.2) is 20.4 Å². The standard InChI is InChI=1S/C22H17ClN4OS/c23-18-6-3-16(4-7-18)5-8-19-15-29-22(25-19)26-21(28)20-2-1-13-27(20)14-17-9-11-24-12-10-17/h1-13,15H,14H2,(H,25,26,28)/b8-5+. The van der Waals surface area contributed by atoms with E-state index in [9.17, 15) is 4.79 Å². The molecule has 7 heteroatoms. The van der Waals surface area contributed by atoms with Crippen LogP contribution in [0.5, 0.6) is 0 Å². The fourth-order valence-corrected chi connectivity index (χ4v) is 3.58. The third kappa shape index (κ3) is 4.99. The number of thiazole rings is 1. The molecule has 0 saturated carbocycles. The Kier molecular flexibility index (Phi) is 5.84. The number of aromatic nitrogens is 3. The second-order valence-electron chi connectivity index (χ2n) is 6.29. The lowest BCUT2D eigenvalue weighted by atomic mass is 10.2. The van der Waals surface area contributed by atoms with E-state index in [-0.39, 0.29) is 5.91 Å². The molecule has 0 bridgehead atoms. The van der Waals surface area contributed by atoms with E-state index in [0.29, 0.717) is 22.4 Å². The van der Waals surface area contributed by atoms with Crippen molar-refractivity contribution in [2.75, 3.05) is 5.32 Å². The number of hydrogen-bond acceptors (Lipinski definition) is 4. The number of benzene rings is 1. The van der Waals surface area contributed by atoms with Crippen LogP contribution in [0, 0.1) is 0 Å². The van der Waals surface area contributed by atoms with Crippen molar-refractivity contribution in [3.8, 4) is 0 Å². The zero-order valence-electron chi connectivity index (χ0n) is 15.3. The van der Waals surface area contributed by atoms with E-state index in [0.717, 1.165) is 16.8 Å². The highest BCUT2D eigenvalue weighted by atomic mass is 35.5. The van der Waals surface area contributed by atoms with Crippen LogP contribution in [-0.2, 0) is 6.54 Å². The van der Waals surface area contributed by atoms with Gasteiger partial charge in [-0.3, -0.25) is 15.1 Å². The molecule has 0 unspecified atom stereocenters. The van der Waals surface area contributed by atoms with Gasteiger partial charge in [-0.15, -0.1) is 11.3 Å². The van der Waals surface area contributed by atoms with Crippen molar-refractivity contribution in [3.63, 3.8) is 0 Å². The normalized spacial score (nSPS) is 11.1. The maximum absolute atomic E-state index is 12.7. The van der Waals surface area contributed by atoms with Crippen LogP contribution in [0.2, 0.25) is 5.02 Å². The zero-order valence-corrected chi connectivity index (χ0v) is 16.9. The first-order chi connectivity index (χ1) is 14.2. The van der Waals surface area contributed by atoms with Gasteiger partial charge in [0.15, 0.2) is 5.13 Å². The summed E-state index contributed by atoms with van der Waals surface area (Å²) in [4.78, 5) is 21.2. The Morgan fingerprint density at radius 1 is 1.10 bits per heavy atom. The van der Waals surface area contributed by atoms with Crippen LogP contribution in [0.15, 0.2) is 72.5 Å². The lowest BCUT2D eigenvalue weighted by molar-refractivity contribution is 0.101. The second-order valence-corrected chi connectivity index (χ2v) is 7.59. The van der Waals surface area contributed by atoms with E-state index in [1.165, 1.54) is 11.3 Å². The van der Waals surface area contributed by atoms with Gasteiger partial charge < -0.3 is 4.57 Å². The third-order valence-corrected chi connectivity index (χ3v) is 5.25. The Labute approximate surface area is 177 Å². The summed E-state index contributed by atoms with van der Waals surface area (Å²) in [6.45, 7) is 0.602. The van der Waals surface area contributed by atoms with Gasteiger partial charge in [0, 0.05) is 35.5 Å². The molecular weight excluding hydrogens is 404 g/mol. The quantitative estimate of drug-likeness (QED) is 0.450. The Hall–Kier alpha value is -3.22. The fraction of sp³-hybridized carbons (Fsp3) is 0.0455. The summed E-state index contributed by atoms with van der Waals surface area (Å²) in [5.41, 5.74) is 3.47. The van der Waals surface area contributed by atoms with Crippen LogP contribution in [0.4, 0.5) is 5.13 Å². The number of halogens is 1. The molecule has 0 radical (unpaired) electrons. The Morgan fingerprint density at radius 2 is 1.90 bits per heavy atom. The minimum atomic E-state index is -0.188. The zero-order chi connectivity index (χ0) is 20.1. The van der Waals surface area contributed by atoms with Crippen LogP contribution in [0.3, 0.4) is 0 Å². The number of nitrogens with zero attached hydrogens (tertiary/aromatic N) is 3. The number of amides is 1. The number of carbonyl (C=O) groups is 1. The van der Waals surface area contributed by atoms with Crippen molar-refractivity contribution in [2.24, 2.45) is 0 Å². The van der Waals surface area contributed by atoms with Gasteiger partial charge >= 0.3 is 0 Å². The lowest BCUT2D eigenvalue weighted by Crippen LogP contribution is -2.17. The summed E-state index contributed by atoms with van der Waals surface area (Å²) in [5, 5.41) is 6.04. The lowest BCUT2D eigenvalue weighted by Gasteiger charge is -2.08. The summed E-state index contributed by atoms with van der Waals surface area (Å²) in [6, 6.07) is 15.1. The Bertz CT molecular complexity index is 1130. The summed E-state index contributed by atoms with van der Waals surface area (Å²) < 4.78 is 1.90. The molecule has 1 N–H and O–H groups in total. The smallest absolute Gasteiger partial charge is 0.274 e. The number of hydrogen-bond donors (Lipinski definition) is 1. The molecule has 0 saturated heterocycles. The predicted octanol–water partition coefficient (Wildman–Crippen LogP) is 5.46. The minimum absolute atomic E-state index is 0.188. The number of carbonyl (C=O) groups excluding carboxylic acids is 1. The summed E-state index contributed by atoms with van der Waals surface area (Å²) >= 11 is 7.29. The van der Waals surface area contributed by atoms with Gasteiger partial charge in [-0.2, -0.15) is 0 Å². The molecule has 144 valence electrons. The number of anilines is 1. The molecule has 3 heterocycles. The molecule has 0 fully saturated rings. The molecule has 0 spiro atoms. The van der Waals surface area contributed by atoms with Gasteiger partial charge in [0.2, 0.25) is 0 Å². The highest BCUT2D eigenvalue weighted by molar-refractivity contribution is 7.14. The Balaban J connectivity index is 1.42. The SMILES string of the molecule is O=C(Nc1nc(/C=C/c2ccc(Cl)cc2)cs1)c1cccn1Cc1ccncc1. The first kappa shape index (κ1) is 19.1. The molecule has 0 aliphatic heterocycles. The molecule has 5 nitrogen and oxygen atoms in total. The molecule has 4 rings (SSSR count).